The van der Waals surface area contributed by atoms with Crippen molar-refractivity contribution in [2.24, 2.45) is 0 Å². The molecule has 0 saturated carbocycles. The number of hydrogen-bond donors (Lipinski definition) is 0. The number of aromatic nitrogens is 2. The van der Waals surface area contributed by atoms with Gasteiger partial charge in [-0.1, -0.05) is 121 Å². The molecule has 0 spiro atoms. The smallest absolute Gasteiger partial charge is 0.160 e. The Morgan fingerprint density at radius 3 is 1.38 bits per heavy atom. The van der Waals surface area contributed by atoms with Crippen molar-refractivity contribution in [3.63, 3.8) is 0 Å². The van der Waals surface area contributed by atoms with E-state index in [1.54, 1.807) is 12.1 Å². The van der Waals surface area contributed by atoms with Gasteiger partial charge in [0.15, 0.2) is 5.82 Å². The molecule has 0 unspecified atom stereocenters. The van der Waals surface area contributed by atoms with Crippen LogP contribution in [0.4, 0.5) is 0 Å². The van der Waals surface area contributed by atoms with Crippen LogP contribution in [-0.4, -0.2) is 9.97 Å². The zero-order chi connectivity index (χ0) is 33.9. The second kappa shape index (κ2) is 13.2. The largest absolute Gasteiger partial charge is 0.228 e. The standard InChI is InChI=1S/C46H28N4/c47-29-31-11-13-34(14-12-31)41-23-32(30-48)24-42(27-41)40-22-18-35-17-21-39(25-43(35)26-40)33-15-19-37(20-16-33)45-28-44(36-7-3-1-4-8-36)49-46(50-45)38-9-5-2-6-10-38/h1-28H. The summed E-state index contributed by atoms with van der Waals surface area (Å²) in [6, 6.07) is 61.7. The first-order chi connectivity index (χ1) is 24.6. The second-order valence-electron chi connectivity index (χ2n) is 12.1. The molecule has 4 nitrogen and oxygen atoms in total. The Labute approximate surface area is 290 Å². The lowest BCUT2D eigenvalue weighted by Crippen LogP contribution is -1.95. The number of rotatable bonds is 6. The van der Waals surface area contributed by atoms with Gasteiger partial charge in [0.05, 0.1) is 34.7 Å². The van der Waals surface area contributed by atoms with Crippen LogP contribution in [0.5, 0.6) is 0 Å². The number of nitrogens with zero attached hydrogens (tertiary/aromatic N) is 4. The lowest BCUT2D eigenvalue weighted by atomic mass is 9.94. The van der Waals surface area contributed by atoms with E-state index < -0.39 is 0 Å². The molecule has 8 rings (SSSR count). The minimum Gasteiger partial charge on any atom is -0.228 e. The number of nitriles is 2. The molecule has 0 aliphatic rings. The Morgan fingerprint density at radius 1 is 0.320 bits per heavy atom. The Hall–Kier alpha value is -7.14. The summed E-state index contributed by atoms with van der Waals surface area (Å²) in [5.41, 5.74) is 12.1. The first kappa shape index (κ1) is 30.2. The molecule has 0 radical (unpaired) electrons. The zero-order valence-electron chi connectivity index (χ0n) is 27.0. The van der Waals surface area contributed by atoms with Crippen LogP contribution >= 0.6 is 0 Å². The summed E-state index contributed by atoms with van der Waals surface area (Å²) in [6.07, 6.45) is 0. The molecule has 0 aliphatic carbocycles. The fourth-order valence-corrected chi connectivity index (χ4v) is 6.27. The number of benzene rings is 7. The second-order valence-corrected chi connectivity index (χ2v) is 12.1. The first-order valence-electron chi connectivity index (χ1n) is 16.3. The van der Waals surface area contributed by atoms with Gasteiger partial charge in [0.1, 0.15) is 0 Å². The molecule has 1 heterocycles. The maximum atomic E-state index is 9.82. The summed E-state index contributed by atoms with van der Waals surface area (Å²) in [4.78, 5) is 9.90. The molecule has 1 aromatic heterocycles. The molecule has 232 valence electrons. The van der Waals surface area contributed by atoms with Gasteiger partial charge in [-0.3, -0.25) is 0 Å². The van der Waals surface area contributed by atoms with Crippen molar-refractivity contribution >= 4 is 10.8 Å². The molecule has 8 aromatic rings. The van der Waals surface area contributed by atoms with Crippen molar-refractivity contribution in [1.29, 1.82) is 10.5 Å². The van der Waals surface area contributed by atoms with E-state index in [1.165, 1.54) is 0 Å². The summed E-state index contributed by atoms with van der Waals surface area (Å²) in [6.45, 7) is 0. The Balaban J connectivity index is 1.13. The van der Waals surface area contributed by atoms with Gasteiger partial charge in [-0.05, 0) is 92.7 Å². The third-order valence-electron chi connectivity index (χ3n) is 8.92. The molecule has 0 bridgehead atoms. The number of fused-ring (bicyclic) bond motifs is 1. The van der Waals surface area contributed by atoms with Crippen LogP contribution in [0.1, 0.15) is 11.1 Å². The molecule has 50 heavy (non-hydrogen) atoms. The van der Waals surface area contributed by atoms with Crippen LogP contribution in [0.25, 0.3) is 78.1 Å². The van der Waals surface area contributed by atoms with Crippen LogP contribution < -0.4 is 0 Å². The predicted octanol–water partition coefficient (Wildman–Crippen LogP) is 11.4. The molecule has 0 aliphatic heterocycles. The highest BCUT2D eigenvalue weighted by Crippen LogP contribution is 2.33. The van der Waals surface area contributed by atoms with Crippen LogP contribution in [0.15, 0.2) is 170 Å². The summed E-state index contributed by atoms with van der Waals surface area (Å²) in [5.74, 6) is 0.695. The Kier molecular flexibility index (Phi) is 7.95. The average molecular weight is 637 g/mol. The van der Waals surface area contributed by atoms with Crippen molar-refractivity contribution in [1.82, 2.24) is 9.97 Å². The van der Waals surface area contributed by atoms with Crippen LogP contribution in [0.2, 0.25) is 0 Å². The molecule has 0 atom stereocenters. The SMILES string of the molecule is N#Cc1ccc(-c2cc(C#N)cc(-c3ccc4ccc(-c5ccc(-c6cc(-c7ccccc7)nc(-c7ccccc7)n6)cc5)cc4c3)c2)cc1. The van der Waals surface area contributed by atoms with Gasteiger partial charge < -0.3 is 0 Å². The molecule has 0 fully saturated rings. The molecule has 0 saturated heterocycles. The zero-order valence-corrected chi connectivity index (χ0v) is 27.0. The van der Waals surface area contributed by atoms with Gasteiger partial charge in [-0.15, -0.1) is 0 Å². The van der Waals surface area contributed by atoms with E-state index in [-0.39, 0.29) is 0 Å². The summed E-state index contributed by atoms with van der Waals surface area (Å²) in [7, 11) is 0. The fraction of sp³-hybridized carbons (Fsp3) is 0. The van der Waals surface area contributed by atoms with Crippen molar-refractivity contribution in [2.75, 3.05) is 0 Å². The minimum absolute atomic E-state index is 0.589. The quantitative estimate of drug-likeness (QED) is 0.182. The van der Waals surface area contributed by atoms with Gasteiger partial charge in [-0.25, -0.2) is 9.97 Å². The maximum Gasteiger partial charge on any atom is 0.160 e. The van der Waals surface area contributed by atoms with E-state index in [2.05, 4.69) is 97.1 Å². The summed E-state index contributed by atoms with van der Waals surface area (Å²) >= 11 is 0. The molecule has 0 N–H and O–H groups in total. The van der Waals surface area contributed by atoms with E-state index in [9.17, 15) is 10.5 Å². The van der Waals surface area contributed by atoms with Crippen LogP contribution in [0, 0.1) is 22.7 Å². The van der Waals surface area contributed by atoms with E-state index in [4.69, 9.17) is 9.97 Å². The lowest BCUT2D eigenvalue weighted by molar-refractivity contribution is 1.18. The molecule has 7 aromatic carbocycles. The normalized spacial score (nSPS) is 10.8. The van der Waals surface area contributed by atoms with E-state index in [0.717, 1.165) is 72.2 Å². The molecule has 4 heteroatoms. The van der Waals surface area contributed by atoms with E-state index in [0.29, 0.717) is 17.0 Å². The third kappa shape index (κ3) is 6.14. The van der Waals surface area contributed by atoms with Gasteiger partial charge in [-0.2, -0.15) is 10.5 Å². The van der Waals surface area contributed by atoms with Crippen molar-refractivity contribution < 1.29 is 0 Å². The molecular weight excluding hydrogens is 609 g/mol. The van der Waals surface area contributed by atoms with Gasteiger partial charge >= 0.3 is 0 Å². The minimum atomic E-state index is 0.589. The van der Waals surface area contributed by atoms with Crippen molar-refractivity contribution in [3.05, 3.63) is 181 Å². The third-order valence-corrected chi connectivity index (χ3v) is 8.92. The predicted molar refractivity (Wildman–Crippen MR) is 202 cm³/mol. The van der Waals surface area contributed by atoms with Gasteiger partial charge in [0.2, 0.25) is 0 Å². The molecule has 0 amide bonds. The molecular formula is C46H28N4. The maximum absolute atomic E-state index is 9.82. The number of hydrogen-bond acceptors (Lipinski definition) is 4. The van der Waals surface area contributed by atoms with Crippen molar-refractivity contribution in [2.45, 2.75) is 0 Å². The average Bonchev–Trinajstić information content (AvgIpc) is 3.20. The Morgan fingerprint density at radius 2 is 0.780 bits per heavy atom. The van der Waals surface area contributed by atoms with Gasteiger partial charge in [0.25, 0.3) is 0 Å². The summed E-state index contributed by atoms with van der Waals surface area (Å²) in [5, 5.41) is 21.3. The van der Waals surface area contributed by atoms with E-state index >= 15 is 0 Å². The fourth-order valence-electron chi connectivity index (χ4n) is 6.27. The highest BCUT2D eigenvalue weighted by Gasteiger charge is 2.12. The van der Waals surface area contributed by atoms with Crippen molar-refractivity contribution in [3.8, 4) is 79.4 Å². The lowest BCUT2D eigenvalue weighted by Gasteiger charge is -2.11. The van der Waals surface area contributed by atoms with Crippen LogP contribution in [0.3, 0.4) is 0 Å². The summed E-state index contributed by atoms with van der Waals surface area (Å²) < 4.78 is 0. The van der Waals surface area contributed by atoms with E-state index in [1.807, 2.05) is 72.8 Å². The van der Waals surface area contributed by atoms with Gasteiger partial charge in [0, 0.05) is 16.7 Å². The highest BCUT2D eigenvalue weighted by molar-refractivity contribution is 5.92. The Bertz CT molecular complexity index is 2520. The topological polar surface area (TPSA) is 73.4 Å². The monoisotopic (exact) mass is 636 g/mol. The highest BCUT2D eigenvalue weighted by atomic mass is 14.9. The first-order valence-corrected chi connectivity index (χ1v) is 16.3. The van der Waals surface area contributed by atoms with Crippen LogP contribution in [-0.2, 0) is 0 Å².